The van der Waals surface area contributed by atoms with Gasteiger partial charge in [0.1, 0.15) is 5.00 Å². The molecule has 0 bridgehead atoms. The number of benzene rings is 1. The van der Waals surface area contributed by atoms with Crippen molar-refractivity contribution in [3.63, 3.8) is 0 Å². The van der Waals surface area contributed by atoms with Gasteiger partial charge in [-0.3, -0.25) is 19.2 Å². The molecule has 1 fully saturated rings. The molecule has 1 N–H and O–H groups in total. The topological polar surface area (TPSA) is 133 Å². The van der Waals surface area contributed by atoms with E-state index in [1.165, 1.54) is 53.9 Å². The van der Waals surface area contributed by atoms with E-state index in [4.69, 9.17) is 4.74 Å². The van der Waals surface area contributed by atoms with Crippen LogP contribution in [0.1, 0.15) is 64.8 Å². The summed E-state index contributed by atoms with van der Waals surface area (Å²) in [6.45, 7) is 7.63. The number of carbonyl (C=O) groups is 4. The fourth-order valence-corrected chi connectivity index (χ4v) is 7.98. The molecule has 0 aliphatic carbocycles. The summed E-state index contributed by atoms with van der Waals surface area (Å²) in [5.74, 6) is -1.33. The first-order valence-corrected chi connectivity index (χ1v) is 16.0. The third-order valence-corrected chi connectivity index (χ3v) is 10.8. The van der Waals surface area contributed by atoms with Crippen LogP contribution in [0.25, 0.3) is 0 Å². The van der Waals surface area contributed by atoms with Gasteiger partial charge in [0.25, 0.3) is 11.8 Å². The molecule has 4 rings (SSSR count). The van der Waals surface area contributed by atoms with Crippen molar-refractivity contribution in [2.75, 3.05) is 45.2 Å². The second-order valence-corrected chi connectivity index (χ2v) is 13.1. The van der Waals surface area contributed by atoms with Crippen molar-refractivity contribution in [2.24, 2.45) is 5.92 Å². The molecule has 3 amide bonds. The van der Waals surface area contributed by atoms with Crippen LogP contribution in [0.3, 0.4) is 0 Å². The Morgan fingerprint density at radius 3 is 2.24 bits per heavy atom. The number of methoxy groups -OCH3 is 1. The summed E-state index contributed by atoms with van der Waals surface area (Å²) in [6, 6.07) is 5.67. The molecule has 13 heteroatoms. The SMILES string of the molecule is CCN(CC)C(=O)c1c(NC(=O)c2ccc(S(=O)(=O)N3CCC(C(=O)OC)CC3)cc2)sc2c1CCN(C(C)=O)C2. The highest BCUT2D eigenvalue weighted by atomic mass is 32.2. The zero-order chi connectivity index (χ0) is 29.9. The maximum absolute atomic E-state index is 13.5. The highest BCUT2D eigenvalue weighted by Crippen LogP contribution is 2.38. The van der Waals surface area contributed by atoms with Gasteiger partial charge in [-0.2, -0.15) is 4.31 Å². The summed E-state index contributed by atoms with van der Waals surface area (Å²) in [4.78, 5) is 54.8. The van der Waals surface area contributed by atoms with Gasteiger partial charge in [-0.05, 0) is 62.9 Å². The predicted octanol–water partition coefficient (Wildman–Crippen LogP) is 2.96. The van der Waals surface area contributed by atoms with Crippen LogP contribution in [0.4, 0.5) is 5.00 Å². The van der Waals surface area contributed by atoms with E-state index >= 15 is 0 Å². The first kappa shape index (κ1) is 30.7. The zero-order valence-electron chi connectivity index (χ0n) is 23.8. The molecule has 2 aliphatic rings. The van der Waals surface area contributed by atoms with Crippen molar-refractivity contribution < 1.29 is 32.3 Å². The summed E-state index contributed by atoms with van der Waals surface area (Å²) >= 11 is 1.29. The fourth-order valence-electron chi connectivity index (χ4n) is 5.26. The lowest BCUT2D eigenvalue weighted by Gasteiger charge is -2.29. The number of hydrogen-bond donors (Lipinski definition) is 1. The van der Waals surface area contributed by atoms with Crippen LogP contribution in [-0.2, 0) is 37.3 Å². The summed E-state index contributed by atoms with van der Waals surface area (Å²) in [5.41, 5.74) is 1.56. The molecule has 41 heavy (non-hydrogen) atoms. The summed E-state index contributed by atoms with van der Waals surface area (Å²) < 4.78 is 32.5. The molecule has 0 atom stereocenters. The largest absolute Gasteiger partial charge is 0.469 e. The number of esters is 1. The number of nitrogens with zero attached hydrogens (tertiary/aromatic N) is 3. The normalized spacial score (nSPS) is 16.1. The Hall–Kier alpha value is -3.29. The number of fused-ring (bicyclic) bond motifs is 1. The van der Waals surface area contributed by atoms with Gasteiger partial charge < -0.3 is 19.9 Å². The monoisotopic (exact) mass is 604 g/mol. The number of thiophene rings is 1. The van der Waals surface area contributed by atoms with Gasteiger partial charge >= 0.3 is 5.97 Å². The van der Waals surface area contributed by atoms with Crippen LogP contribution in [0, 0.1) is 5.92 Å². The average molecular weight is 605 g/mol. The number of anilines is 1. The van der Waals surface area contributed by atoms with Crippen LogP contribution in [0.15, 0.2) is 29.2 Å². The van der Waals surface area contributed by atoms with Gasteiger partial charge in [-0.15, -0.1) is 11.3 Å². The molecular formula is C28H36N4O7S2. The number of ether oxygens (including phenoxy) is 1. The third kappa shape index (κ3) is 6.31. The number of carbonyl (C=O) groups excluding carboxylic acids is 4. The van der Waals surface area contributed by atoms with Crippen molar-refractivity contribution in [1.29, 1.82) is 0 Å². The van der Waals surface area contributed by atoms with Gasteiger partial charge in [0, 0.05) is 50.1 Å². The van der Waals surface area contributed by atoms with E-state index in [0.717, 1.165) is 10.4 Å². The van der Waals surface area contributed by atoms with Crippen LogP contribution < -0.4 is 5.32 Å². The Balaban J connectivity index is 1.54. The van der Waals surface area contributed by atoms with Gasteiger partial charge in [0.15, 0.2) is 0 Å². The minimum atomic E-state index is -3.80. The highest BCUT2D eigenvalue weighted by Gasteiger charge is 2.33. The van der Waals surface area contributed by atoms with E-state index in [-0.39, 0.29) is 47.3 Å². The second kappa shape index (κ2) is 12.7. The molecule has 0 radical (unpaired) electrons. The molecule has 1 aromatic heterocycles. The molecule has 0 saturated carbocycles. The summed E-state index contributed by atoms with van der Waals surface area (Å²) in [6.07, 6.45) is 1.29. The van der Waals surface area contributed by atoms with Crippen molar-refractivity contribution >= 4 is 50.1 Å². The van der Waals surface area contributed by atoms with Gasteiger partial charge in [0.2, 0.25) is 15.9 Å². The maximum Gasteiger partial charge on any atom is 0.308 e. The van der Waals surface area contributed by atoms with E-state index in [2.05, 4.69) is 5.32 Å². The Labute approximate surface area is 244 Å². The zero-order valence-corrected chi connectivity index (χ0v) is 25.4. The number of amides is 3. The fraction of sp³-hybridized carbons (Fsp3) is 0.500. The average Bonchev–Trinajstić information content (AvgIpc) is 3.34. The van der Waals surface area contributed by atoms with E-state index in [1.54, 1.807) is 9.80 Å². The molecule has 2 aromatic rings. The number of piperidine rings is 1. The first-order valence-electron chi connectivity index (χ1n) is 13.7. The second-order valence-electron chi connectivity index (χ2n) is 10.1. The first-order chi connectivity index (χ1) is 19.5. The minimum Gasteiger partial charge on any atom is -0.469 e. The molecule has 1 aromatic carbocycles. The predicted molar refractivity (Wildman–Crippen MR) is 154 cm³/mol. The summed E-state index contributed by atoms with van der Waals surface area (Å²) in [7, 11) is -2.48. The third-order valence-electron chi connectivity index (χ3n) is 7.74. The van der Waals surface area contributed by atoms with Crippen LogP contribution in [0.2, 0.25) is 0 Å². The maximum atomic E-state index is 13.5. The Morgan fingerprint density at radius 1 is 1.05 bits per heavy atom. The van der Waals surface area contributed by atoms with Gasteiger partial charge in [-0.1, -0.05) is 0 Å². The van der Waals surface area contributed by atoms with Gasteiger partial charge in [0.05, 0.1) is 30.0 Å². The summed E-state index contributed by atoms with van der Waals surface area (Å²) in [5, 5.41) is 3.30. The quantitative estimate of drug-likeness (QED) is 0.458. The molecule has 1 saturated heterocycles. The van der Waals surface area contributed by atoms with Crippen molar-refractivity contribution in [2.45, 2.75) is 51.5 Å². The number of sulfonamides is 1. The van der Waals surface area contributed by atoms with Crippen LogP contribution in [0.5, 0.6) is 0 Å². The van der Waals surface area contributed by atoms with Crippen LogP contribution in [-0.4, -0.2) is 86.0 Å². The molecule has 222 valence electrons. The minimum absolute atomic E-state index is 0.0471. The molecule has 3 heterocycles. The van der Waals surface area contributed by atoms with Gasteiger partial charge in [-0.25, -0.2) is 8.42 Å². The van der Waals surface area contributed by atoms with Crippen LogP contribution >= 0.6 is 11.3 Å². The Morgan fingerprint density at radius 2 is 1.68 bits per heavy atom. The highest BCUT2D eigenvalue weighted by molar-refractivity contribution is 7.89. The molecule has 0 spiro atoms. The smallest absolute Gasteiger partial charge is 0.308 e. The molecular weight excluding hydrogens is 568 g/mol. The lowest BCUT2D eigenvalue weighted by atomic mass is 9.99. The van der Waals surface area contributed by atoms with E-state index in [0.29, 0.717) is 56.0 Å². The standard InChI is InChI=1S/C28H36N4O7S2/c1-5-30(6-2)27(35)24-22-13-14-31(18(3)33)17-23(22)40-26(24)29-25(34)19-7-9-21(10-8-19)41(37,38)32-15-11-20(12-16-32)28(36)39-4/h7-10,20H,5-6,11-17H2,1-4H3,(H,29,34). The van der Waals surface area contributed by atoms with E-state index < -0.39 is 15.9 Å². The molecule has 2 aliphatic heterocycles. The number of rotatable bonds is 8. The Bertz CT molecular complexity index is 1420. The Kier molecular flexibility index (Phi) is 9.50. The van der Waals surface area contributed by atoms with Crippen molar-refractivity contribution in [1.82, 2.24) is 14.1 Å². The lowest BCUT2D eigenvalue weighted by Crippen LogP contribution is -2.40. The van der Waals surface area contributed by atoms with Crippen molar-refractivity contribution in [3.8, 4) is 0 Å². The van der Waals surface area contributed by atoms with Crippen molar-refractivity contribution in [3.05, 3.63) is 45.8 Å². The molecule has 11 nitrogen and oxygen atoms in total. The molecule has 0 unspecified atom stereocenters. The number of nitrogens with one attached hydrogen (secondary N) is 1. The van der Waals surface area contributed by atoms with E-state index in [9.17, 15) is 27.6 Å². The lowest BCUT2D eigenvalue weighted by molar-refractivity contribution is -0.146. The number of hydrogen-bond acceptors (Lipinski definition) is 8. The van der Waals surface area contributed by atoms with E-state index in [1.807, 2.05) is 13.8 Å².